The summed E-state index contributed by atoms with van der Waals surface area (Å²) in [4.78, 5) is 16.3. The number of hydrogen-bond donors (Lipinski definition) is 2. The highest BCUT2D eigenvalue weighted by molar-refractivity contribution is 5.96. The van der Waals surface area contributed by atoms with Crippen molar-refractivity contribution in [3.05, 3.63) is 23.8 Å². The van der Waals surface area contributed by atoms with Crippen LogP contribution in [0.25, 0.3) is 0 Å². The van der Waals surface area contributed by atoms with E-state index >= 15 is 0 Å². The van der Waals surface area contributed by atoms with E-state index < -0.39 is 0 Å². The standard InChI is InChI=1S/C14H22N4O/c1-17(2)13-5-4-11(10-12(13)15)14(19)18-8-3-6-16-7-9-18/h4-5,10,16H,3,6-9,15H2,1-2H3. The van der Waals surface area contributed by atoms with Crippen LogP contribution in [0.3, 0.4) is 0 Å². The third-order valence-corrected chi connectivity index (χ3v) is 3.38. The van der Waals surface area contributed by atoms with Crippen LogP contribution in [0.5, 0.6) is 0 Å². The zero-order chi connectivity index (χ0) is 13.8. The van der Waals surface area contributed by atoms with Gasteiger partial charge >= 0.3 is 0 Å². The smallest absolute Gasteiger partial charge is 0.253 e. The Kier molecular flexibility index (Phi) is 4.27. The first-order chi connectivity index (χ1) is 9.09. The second-order valence-electron chi connectivity index (χ2n) is 5.06. The van der Waals surface area contributed by atoms with Gasteiger partial charge in [0.25, 0.3) is 5.91 Å². The Bertz CT molecular complexity index is 451. The summed E-state index contributed by atoms with van der Waals surface area (Å²) in [6.07, 6.45) is 0.997. The molecule has 2 rings (SSSR count). The molecule has 1 amide bonds. The fourth-order valence-electron chi connectivity index (χ4n) is 2.33. The molecule has 1 saturated heterocycles. The number of carbonyl (C=O) groups excluding carboxylic acids is 1. The SMILES string of the molecule is CN(C)c1ccc(C(=O)N2CCCNCC2)cc1N. The van der Waals surface area contributed by atoms with Gasteiger partial charge in [-0.25, -0.2) is 0 Å². The first-order valence-electron chi connectivity index (χ1n) is 6.66. The van der Waals surface area contributed by atoms with E-state index in [1.54, 1.807) is 6.07 Å². The number of carbonyl (C=O) groups is 1. The predicted molar refractivity (Wildman–Crippen MR) is 78.6 cm³/mol. The molecule has 19 heavy (non-hydrogen) atoms. The Morgan fingerprint density at radius 2 is 2.11 bits per heavy atom. The summed E-state index contributed by atoms with van der Waals surface area (Å²) in [6.45, 7) is 3.40. The molecule has 0 radical (unpaired) electrons. The van der Waals surface area contributed by atoms with Crippen LogP contribution in [-0.2, 0) is 0 Å². The van der Waals surface area contributed by atoms with Crippen LogP contribution in [0.15, 0.2) is 18.2 Å². The Morgan fingerprint density at radius 1 is 1.32 bits per heavy atom. The highest BCUT2D eigenvalue weighted by Crippen LogP contribution is 2.23. The van der Waals surface area contributed by atoms with Crippen molar-refractivity contribution in [1.82, 2.24) is 10.2 Å². The summed E-state index contributed by atoms with van der Waals surface area (Å²) in [5, 5.41) is 3.29. The van der Waals surface area contributed by atoms with Gasteiger partial charge in [-0.05, 0) is 31.2 Å². The fraction of sp³-hybridized carbons (Fsp3) is 0.500. The summed E-state index contributed by atoms with van der Waals surface area (Å²) < 4.78 is 0. The molecule has 1 fully saturated rings. The molecular formula is C14H22N4O. The molecule has 1 aliphatic rings. The van der Waals surface area contributed by atoms with E-state index in [0.29, 0.717) is 11.3 Å². The number of nitrogen functional groups attached to an aromatic ring is 1. The van der Waals surface area contributed by atoms with Gasteiger partial charge in [0.05, 0.1) is 11.4 Å². The Morgan fingerprint density at radius 3 is 2.79 bits per heavy atom. The largest absolute Gasteiger partial charge is 0.397 e. The number of nitrogens with one attached hydrogen (secondary N) is 1. The molecule has 1 heterocycles. The average Bonchev–Trinajstić information content (AvgIpc) is 2.66. The molecule has 0 aromatic heterocycles. The summed E-state index contributed by atoms with van der Waals surface area (Å²) in [5.74, 6) is 0.0701. The second-order valence-corrected chi connectivity index (χ2v) is 5.06. The zero-order valence-corrected chi connectivity index (χ0v) is 11.6. The summed E-state index contributed by atoms with van der Waals surface area (Å²) in [7, 11) is 3.88. The number of benzene rings is 1. The number of amides is 1. The first-order valence-corrected chi connectivity index (χ1v) is 6.66. The van der Waals surface area contributed by atoms with Gasteiger partial charge in [-0.3, -0.25) is 4.79 Å². The maximum Gasteiger partial charge on any atom is 0.253 e. The van der Waals surface area contributed by atoms with Crippen LogP contribution in [0, 0.1) is 0 Å². The fourth-order valence-corrected chi connectivity index (χ4v) is 2.33. The van der Waals surface area contributed by atoms with Gasteiger partial charge in [0.1, 0.15) is 0 Å². The molecule has 0 aliphatic carbocycles. The van der Waals surface area contributed by atoms with Crippen molar-refractivity contribution in [3.8, 4) is 0 Å². The topological polar surface area (TPSA) is 61.6 Å². The van der Waals surface area contributed by atoms with Crippen molar-refractivity contribution in [3.63, 3.8) is 0 Å². The van der Waals surface area contributed by atoms with E-state index in [9.17, 15) is 4.79 Å². The van der Waals surface area contributed by atoms with Crippen LogP contribution in [-0.4, -0.2) is 51.1 Å². The second kappa shape index (κ2) is 5.93. The minimum atomic E-state index is 0.0701. The lowest BCUT2D eigenvalue weighted by Gasteiger charge is -2.21. The predicted octanol–water partition coefficient (Wildman–Crippen LogP) is 0.770. The molecule has 0 unspecified atom stereocenters. The minimum Gasteiger partial charge on any atom is -0.397 e. The molecule has 104 valence electrons. The van der Waals surface area contributed by atoms with E-state index in [1.165, 1.54) is 0 Å². The Hall–Kier alpha value is -1.75. The molecule has 1 aromatic carbocycles. The van der Waals surface area contributed by atoms with Crippen molar-refractivity contribution < 1.29 is 4.79 Å². The number of hydrogen-bond acceptors (Lipinski definition) is 4. The van der Waals surface area contributed by atoms with Gasteiger partial charge in [0, 0.05) is 39.3 Å². The van der Waals surface area contributed by atoms with E-state index in [1.807, 2.05) is 36.0 Å². The molecular weight excluding hydrogens is 240 g/mol. The molecule has 0 saturated carbocycles. The van der Waals surface area contributed by atoms with Crippen molar-refractivity contribution in [2.24, 2.45) is 0 Å². The van der Waals surface area contributed by atoms with Gasteiger partial charge in [-0.1, -0.05) is 0 Å². The van der Waals surface area contributed by atoms with Gasteiger partial charge in [0.2, 0.25) is 0 Å². The van der Waals surface area contributed by atoms with Crippen LogP contribution >= 0.6 is 0 Å². The highest BCUT2D eigenvalue weighted by Gasteiger charge is 2.17. The lowest BCUT2D eigenvalue weighted by molar-refractivity contribution is 0.0766. The summed E-state index contributed by atoms with van der Waals surface area (Å²) >= 11 is 0. The van der Waals surface area contributed by atoms with Crippen LogP contribution in [0.2, 0.25) is 0 Å². The molecule has 1 aliphatic heterocycles. The molecule has 5 nitrogen and oxygen atoms in total. The van der Waals surface area contributed by atoms with Gasteiger partial charge < -0.3 is 20.9 Å². The lowest BCUT2D eigenvalue weighted by atomic mass is 10.1. The third kappa shape index (κ3) is 3.17. The van der Waals surface area contributed by atoms with E-state index in [4.69, 9.17) is 5.73 Å². The van der Waals surface area contributed by atoms with Crippen molar-refractivity contribution >= 4 is 17.3 Å². The Balaban J connectivity index is 2.16. The average molecular weight is 262 g/mol. The summed E-state index contributed by atoms with van der Waals surface area (Å²) in [5.41, 5.74) is 8.25. The molecule has 5 heteroatoms. The Labute approximate surface area is 114 Å². The van der Waals surface area contributed by atoms with Crippen molar-refractivity contribution in [2.45, 2.75) is 6.42 Å². The molecule has 0 bridgehead atoms. The number of nitrogens with two attached hydrogens (primary N) is 1. The van der Waals surface area contributed by atoms with Gasteiger partial charge in [-0.15, -0.1) is 0 Å². The number of anilines is 2. The van der Waals surface area contributed by atoms with Crippen molar-refractivity contribution in [1.29, 1.82) is 0 Å². The molecule has 0 spiro atoms. The third-order valence-electron chi connectivity index (χ3n) is 3.38. The highest BCUT2D eigenvalue weighted by atomic mass is 16.2. The van der Waals surface area contributed by atoms with E-state index in [0.717, 1.165) is 38.3 Å². The maximum absolute atomic E-state index is 12.4. The monoisotopic (exact) mass is 262 g/mol. The van der Waals surface area contributed by atoms with E-state index in [-0.39, 0.29) is 5.91 Å². The van der Waals surface area contributed by atoms with Crippen LogP contribution < -0.4 is 16.0 Å². The zero-order valence-electron chi connectivity index (χ0n) is 11.6. The quantitative estimate of drug-likeness (QED) is 0.773. The van der Waals surface area contributed by atoms with Crippen molar-refractivity contribution in [2.75, 3.05) is 50.9 Å². The number of rotatable bonds is 2. The lowest BCUT2D eigenvalue weighted by Crippen LogP contribution is -2.34. The van der Waals surface area contributed by atoms with Crippen LogP contribution in [0.4, 0.5) is 11.4 Å². The van der Waals surface area contributed by atoms with E-state index in [2.05, 4.69) is 5.32 Å². The normalized spacial score (nSPS) is 16.0. The van der Waals surface area contributed by atoms with Gasteiger partial charge in [0.15, 0.2) is 0 Å². The molecule has 3 N–H and O–H groups in total. The van der Waals surface area contributed by atoms with Gasteiger partial charge in [-0.2, -0.15) is 0 Å². The minimum absolute atomic E-state index is 0.0701. The molecule has 1 aromatic rings. The van der Waals surface area contributed by atoms with Crippen LogP contribution in [0.1, 0.15) is 16.8 Å². The molecule has 0 atom stereocenters. The first kappa shape index (κ1) is 13.7. The number of nitrogens with zero attached hydrogens (tertiary/aromatic N) is 2. The summed E-state index contributed by atoms with van der Waals surface area (Å²) in [6, 6.07) is 5.53. The maximum atomic E-state index is 12.4.